The minimum atomic E-state index is -0.207. The first-order chi connectivity index (χ1) is 7.54. The molecule has 1 aromatic carbocycles. The molecule has 0 aliphatic heterocycles. The van der Waals surface area contributed by atoms with Crippen LogP contribution in [0.3, 0.4) is 0 Å². The molecule has 90 valence electrons. The van der Waals surface area contributed by atoms with Crippen LogP contribution in [-0.4, -0.2) is 17.5 Å². The summed E-state index contributed by atoms with van der Waals surface area (Å²) in [7, 11) is 0. The summed E-state index contributed by atoms with van der Waals surface area (Å²) in [6.45, 7) is 8.03. The Morgan fingerprint density at radius 1 is 1.38 bits per heavy atom. The van der Waals surface area contributed by atoms with Gasteiger partial charge in [-0.05, 0) is 38.9 Å². The summed E-state index contributed by atoms with van der Waals surface area (Å²) in [6, 6.07) is 5.34. The summed E-state index contributed by atoms with van der Waals surface area (Å²) in [5.41, 5.74) is 6.72. The lowest BCUT2D eigenvalue weighted by molar-refractivity contribution is 0.210. The van der Waals surface area contributed by atoms with E-state index in [1.54, 1.807) is 12.1 Å². The van der Waals surface area contributed by atoms with Gasteiger partial charge < -0.3 is 5.73 Å². The molecule has 0 atom stereocenters. The molecular weight excluding hydrogens is 203 g/mol. The molecular formula is C13H21FN2. The Balaban J connectivity index is 2.77. The molecule has 0 aromatic heterocycles. The summed E-state index contributed by atoms with van der Waals surface area (Å²) in [5.74, 6) is -0.207. The quantitative estimate of drug-likeness (QED) is 0.779. The van der Waals surface area contributed by atoms with Crippen LogP contribution >= 0.6 is 0 Å². The van der Waals surface area contributed by atoms with E-state index < -0.39 is 0 Å². The molecule has 16 heavy (non-hydrogen) atoms. The van der Waals surface area contributed by atoms with Crippen molar-refractivity contribution in [3.63, 3.8) is 0 Å². The minimum Gasteiger partial charge on any atom is -0.399 e. The molecule has 0 fully saturated rings. The molecule has 3 heteroatoms. The van der Waals surface area contributed by atoms with Gasteiger partial charge in [-0.1, -0.05) is 13.0 Å². The monoisotopic (exact) mass is 224 g/mol. The number of hydrogen-bond acceptors (Lipinski definition) is 2. The molecule has 1 rings (SSSR count). The van der Waals surface area contributed by atoms with Crippen molar-refractivity contribution in [2.75, 3.05) is 12.3 Å². The van der Waals surface area contributed by atoms with Crippen molar-refractivity contribution in [3.05, 3.63) is 29.6 Å². The number of halogens is 1. The molecule has 0 heterocycles. The largest absolute Gasteiger partial charge is 0.399 e. The molecule has 0 unspecified atom stereocenters. The van der Waals surface area contributed by atoms with E-state index >= 15 is 0 Å². The SMILES string of the molecule is CCCN(Cc1ccc(N)cc1F)C(C)C. The third-order valence-corrected chi connectivity index (χ3v) is 2.69. The summed E-state index contributed by atoms with van der Waals surface area (Å²) in [5, 5.41) is 0. The summed E-state index contributed by atoms with van der Waals surface area (Å²) in [6.07, 6.45) is 1.08. The normalized spacial score (nSPS) is 11.4. The van der Waals surface area contributed by atoms with Gasteiger partial charge in [-0.25, -0.2) is 4.39 Å². The van der Waals surface area contributed by atoms with E-state index in [1.165, 1.54) is 6.07 Å². The molecule has 0 radical (unpaired) electrons. The molecule has 0 aliphatic rings. The first-order valence-corrected chi connectivity index (χ1v) is 5.82. The molecule has 1 aromatic rings. The van der Waals surface area contributed by atoms with E-state index in [0.717, 1.165) is 18.5 Å². The topological polar surface area (TPSA) is 29.3 Å². The van der Waals surface area contributed by atoms with Crippen LogP contribution in [0.5, 0.6) is 0 Å². The zero-order valence-electron chi connectivity index (χ0n) is 10.3. The number of nitrogens with two attached hydrogens (primary N) is 1. The Labute approximate surface area is 97.3 Å². The maximum Gasteiger partial charge on any atom is 0.129 e. The smallest absolute Gasteiger partial charge is 0.129 e. The Morgan fingerprint density at radius 3 is 2.56 bits per heavy atom. The van der Waals surface area contributed by atoms with Gasteiger partial charge in [0.1, 0.15) is 5.82 Å². The third kappa shape index (κ3) is 3.49. The van der Waals surface area contributed by atoms with E-state index in [4.69, 9.17) is 5.73 Å². The minimum absolute atomic E-state index is 0.207. The maximum atomic E-state index is 13.6. The van der Waals surface area contributed by atoms with Gasteiger partial charge in [-0.2, -0.15) is 0 Å². The van der Waals surface area contributed by atoms with Crippen LogP contribution in [0.15, 0.2) is 18.2 Å². The predicted octanol–water partition coefficient (Wildman–Crippen LogP) is 3.03. The van der Waals surface area contributed by atoms with Crippen LogP contribution in [0.1, 0.15) is 32.8 Å². The van der Waals surface area contributed by atoms with Crippen LogP contribution in [-0.2, 0) is 6.54 Å². The van der Waals surface area contributed by atoms with Gasteiger partial charge >= 0.3 is 0 Å². The number of nitrogens with zero attached hydrogens (tertiary/aromatic N) is 1. The van der Waals surface area contributed by atoms with E-state index in [-0.39, 0.29) is 5.82 Å². The fourth-order valence-electron chi connectivity index (χ4n) is 1.72. The fourth-order valence-corrected chi connectivity index (χ4v) is 1.72. The molecule has 0 amide bonds. The highest BCUT2D eigenvalue weighted by Crippen LogP contribution is 2.15. The number of nitrogen functional groups attached to an aromatic ring is 1. The van der Waals surface area contributed by atoms with Gasteiger partial charge in [0.25, 0.3) is 0 Å². The predicted molar refractivity (Wildman–Crippen MR) is 66.6 cm³/mol. The highest BCUT2D eigenvalue weighted by atomic mass is 19.1. The van der Waals surface area contributed by atoms with Gasteiger partial charge in [0, 0.05) is 23.8 Å². The highest BCUT2D eigenvalue weighted by molar-refractivity contribution is 5.40. The van der Waals surface area contributed by atoms with Crippen molar-refractivity contribution in [1.29, 1.82) is 0 Å². The van der Waals surface area contributed by atoms with E-state index in [2.05, 4.69) is 25.7 Å². The van der Waals surface area contributed by atoms with Crippen LogP contribution in [0.2, 0.25) is 0 Å². The first kappa shape index (κ1) is 13.0. The van der Waals surface area contributed by atoms with Crippen molar-refractivity contribution >= 4 is 5.69 Å². The van der Waals surface area contributed by atoms with Crippen molar-refractivity contribution in [2.45, 2.75) is 39.8 Å². The van der Waals surface area contributed by atoms with Crippen molar-refractivity contribution in [3.8, 4) is 0 Å². The Morgan fingerprint density at radius 2 is 2.06 bits per heavy atom. The number of hydrogen-bond donors (Lipinski definition) is 1. The second-order valence-corrected chi connectivity index (χ2v) is 4.42. The summed E-state index contributed by atoms with van der Waals surface area (Å²) < 4.78 is 13.6. The Bertz CT molecular complexity index is 337. The van der Waals surface area contributed by atoms with Crippen LogP contribution < -0.4 is 5.73 Å². The second-order valence-electron chi connectivity index (χ2n) is 4.42. The first-order valence-electron chi connectivity index (χ1n) is 5.82. The zero-order valence-corrected chi connectivity index (χ0v) is 10.3. The summed E-state index contributed by atoms with van der Waals surface area (Å²) in [4.78, 5) is 2.26. The summed E-state index contributed by atoms with van der Waals surface area (Å²) >= 11 is 0. The van der Waals surface area contributed by atoms with Crippen molar-refractivity contribution in [1.82, 2.24) is 4.90 Å². The lowest BCUT2D eigenvalue weighted by Crippen LogP contribution is -2.31. The van der Waals surface area contributed by atoms with Gasteiger partial charge in [0.05, 0.1) is 0 Å². The molecule has 0 spiro atoms. The third-order valence-electron chi connectivity index (χ3n) is 2.69. The van der Waals surface area contributed by atoms with Crippen LogP contribution in [0.4, 0.5) is 10.1 Å². The molecule has 0 saturated carbocycles. The highest BCUT2D eigenvalue weighted by Gasteiger charge is 2.11. The van der Waals surface area contributed by atoms with Gasteiger partial charge in [0.2, 0.25) is 0 Å². The Kier molecular flexibility index (Phi) is 4.74. The van der Waals surface area contributed by atoms with Gasteiger partial charge in [-0.3, -0.25) is 4.90 Å². The van der Waals surface area contributed by atoms with Crippen LogP contribution in [0.25, 0.3) is 0 Å². The average Bonchev–Trinajstić information content (AvgIpc) is 2.20. The van der Waals surface area contributed by atoms with E-state index in [9.17, 15) is 4.39 Å². The molecule has 0 saturated heterocycles. The van der Waals surface area contributed by atoms with E-state index in [1.807, 2.05) is 0 Å². The second kappa shape index (κ2) is 5.85. The number of benzene rings is 1. The standard InChI is InChI=1S/C13H21FN2/c1-4-7-16(10(2)3)9-11-5-6-12(15)8-13(11)14/h5-6,8,10H,4,7,9,15H2,1-3H3. The lowest BCUT2D eigenvalue weighted by atomic mass is 10.1. The molecule has 0 bridgehead atoms. The molecule has 2 N–H and O–H groups in total. The average molecular weight is 224 g/mol. The number of rotatable bonds is 5. The Hall–Kier alpha value is -1.09. The van der Waals surface area contributed by atoms with Crippen LogP contribution in [0, 0.1) is 5.82 Å². The van der Waals surface area contributed by atoms with Crippen molar-refractivity contribution < 1.29 is 4.39 Å². The van der Waals surface area contributed by atoms with E-state index in [0.29, 0.717) is 18.3 Å². The fraction of sp³-hybridized carbons (Fsp3) is 0.538. The lowest BCUT2D eigenvalue weighted by Gasteiger charge is -2.26. The van der Waals surface area contributed by atoms with Gasteiger partial charge in [0.15, 0.2) is 0 Å². The number of anilines is 1. The molecule has 2 nitrogen and oxygen atoms in total. The van der Waals surface area contributed by atoms with Gasteiger partial charge in [-0.15, -0.1) is 0 Å². The zero-order chi connectivity index (χ0) is 12.1. The van der Waals surface area contributed by atoms with Crippen molar-refractivity contribution in [2.24, 2.45) is 0 Å². The molecule has 0 aliphatic carbocycles. The maximum absolute atomic E-state index is 13.6.